The number of fused-ring (bicyclic) bond motifs is 1. The van der Waals surface area contributed by atoms with E-state index in [1.807, 2.05) is 42.5 Å². The number of hydrogen-bond donors (Lipinski definition) is 1. The zero-order valence-corrected chi connectivity index (χ0v) is 22.1. The van der Waals surface area contributed by atoms with Crippen LogP contribution in [0.4, 0.5) is 0 Å². The summed E-state index contributed by atoms with van der Waals surface area (Å²) in [4.78, 5) is 29.4. The van der Waals surface area contributed by atoms with Crippen LogP contribution in [0.25, 0.3) is 22.0 Å². The Kier molecular flexibility index (Phi) is 6.82. The van der Waals surface area contributed by atoms with Crippen molar-refractivity contribution in [2.45, 2.75) is 19.4 Å². The summed E-state index contributed by atoms with van der Waals surface area (Å²) in [6.07, 6.45) is 0.278. The average molecular weight is 532 g/mol. The molecule has 0 radical (unpaired) electrons. The van der Waals surface area contributed by atoms with E-state index in [1.165, 1.54) is 26.2 Å². The minimum absolute atomic E-state index is 0.275. The number of ether oxygens (including phenoxy) is 3. The van der Waals surface area contributed by atoms with Gasteiger partial charge in [-0.1, -0.05) is 41.9 Å². The topological polar surface area (TPSA) is 93.2 Å². The minimum atomic E-state index is -0.532. The molecule has 0 spiro atoms. The van der Waals surface area contributed by atoms with Gasteiger partial charge in [0.2, 0.25) is 11.7 Å². The molecule has 1 aliphatic heterocycles. The summed E-state index contributed by atoms with van der Waals surface area (Å²) < 4.78 is 16.7. The third-order valence-electron chi connectivity index (χ3n) is 6.65. The maximum atomic E-state index is 13.6. The van der Waals surface area contributed by atoms with Gasteiger partial charge < -0.3 is 19.2 Å². The first kappa shape index (κ1) is 25.4. The summed E-state index contributed by atoms with van der Waals surface area (Å²) in [6, 6.07) is 18.0. The van der Waals surface area contributed by atoms with Gasteiger partial charge in [0.15, 0.2) is 11.5 Å². The van der Waals surface area contributed by atoms with E-state index in [4.69, 9.17) is 25.8 Å². The molecule has 2 heterocycles. The smallest absolute Gasteiger partial charge is 0.258 e. The van der Waals surface area contributed by atoms with Crippen LogP contribution in [-0.2, 0) is 4.79 Å². The Bertz CT molecular complexity index is 1630. The minimum Gasteiger partial charge on any atom is -0.493 e. The van der Waals surface area contributed by atoms with E-state index in [0.717, 1.165) is 10.9 Å². The highest BCUT2D eigenvalue weighted by molar-refractivity contribution is 6.31. The number of nitrogens with one attached hydrogen (secondary N) is 1. The van der Waals surface area contributed by atoms with E-state index in [0.29, 0.717) is 50.2 Å². The number of nitrogens with zero attached hydrogens (tertiary/aromatic N) is 2. The normalized spacial score (nSPS) is 14.9. The van der Waals surface area contributed by atoms with Crippen molar-refractivity contribution in [2.24, 2.45) is 5.10 Å². The van der Waals surface area contributed by atoms with Gasteiger partial charge >= 0.3 is 0 Å². The number of aromatic nitrogens is 1. The van der Waals surface area contributed by atoms with E-state index >= 15 is 0 Å². The Hall–Kier alpha value is -4.30. The van der Waals surface area contributed by atoms with Crippen LogP contribution in [0.2, 0.25) is 5.02 Å². The van der Waals surface area contributed by atoms with Crippen LogP contribution < -0.4 is 19.8 Å². The van der Waals surface area contributed by atoms with Crippen molar-refractivity contribution in [2.75, 3.05) is 21.3 Å². The molecule has 0 saturated heterocycles. The third-order valence-corrected chi connectivity index (χ3v) is 6.89. The van der Waals surface area contributed by atoms with E-state index in [9.17, 15) is 9.59 Å². The molecule has 1 atom stereocenters. The molecule has 1 N–H and O–H groups in total. The second-order valence-corrected chi connectivity index (χ2v) is 9.25. The number of hydrogen-bond acceptors (Lipinski definition) is 6. The Morgan fingerprint density at radius 2 is 1.71 bits per heavy atom. The molecule has 0 fully saturated rings. The Morgan fingerprint density at radius 1 is 0.974 bits per heavy atom. The number of amides is 1. The molecule has 0 saturated carbocycles. The summed E-state index contributed by atoms with van der Waals surface area (Å²) in [5, 5.41) is 7.39. The molecule has 1 aromatic heterocycles. The third kappa shape index (κ3) is 4.26. The number of rotatable bonds is 6. The Balaban J connectivity index is 1.73. The Morgan fingerprint density at radius 3 is 2.37 bits per heavy atom. The van der Waals surface area contributed by atoms with Gasteiger partial charge in [-0.25, -0.2) is 5.01 Å². The maximum Gasteiger partial charge on any atom is 0.258 e. The van der Waals surface area contributed by atoms with Crippen LogP contribution in [0.15, 0.2) is 70.6 Å². The van der Waals surface area contributed by atoms with Crippen LogP contribution in [0.5, 0.6) is 17.2 Å². The van der Waals surface area contributed by atoms with E-state index in [-0.39, 0.29) is 17.9 Å². The number of pyridine rings is 1. The van der Waals surface area contributed by atoms with Crippen molar-refractivity contribution >= 4 is 34.1 Å². The van der Waals surface area contributed by atoms with Crippen LogP contribution in [0.3, 0.4) is 0 Å². The molecule has 0 unspecified atom stereocenters. The molecule has 3 aromatic carbocycles. The Labute approximate surface area is 224 Å². The maximum absolute atomic E-state index is 13.6. The van der Waals surface area contributed by atoms with Crippen molar-refractivity contribution in [3.63, 3.8) is 0 Å². The number of aromatic amines is 1. The standard InChI is InChI=1S/C29H26ClN3O5/c1-16(34)33-23(19-11-13-24(36-2)28(38-4)27(19)37-3)15-22(32-33)26-25(17-8-6-5-7-9-17)20-14-18(30)10-12-21(20)31-29(26)35/h5-14,23H,15H2,1-4H3,(H,31,35)/t23-/m1/s1. The predicted octanol–water partition coefficient (Wildman–Crippen LogP) is 5.57. The lowest BCUT2D eigenvalue weighted by Crippen LogP contribution is -2.24. The second kappa shape index (κ2) is 10.2. The van der Waals surface area contributed by atoms with Crippen molar-refractivity contribution in [3.8, 4) is 28.4 Å². The fourth-order valence-electron chi connectivity index (χ4n) is 5.03. The van der Waals surface area contributed by atoms with Crippen molar-refractivity contribution in [1.82, 2.24) is 9.99 Å². The monoisotopic (exact) mass is 531 g/mol. The lowest BCUT2D eigenvalue weighted by Gasteiger charge is -2.24. The van der Waals surface area contributed by atoms with Crippen LogP contribution >= 0.6 is 11.6 Å². The number of carbonyl (C=O) groups is 1. The van der Waals surface area contributed by atoms with Gasteiger partial charge in [-0.05, 0) is 35.9 Å². The summed E-state index contributed by atoms with van der Waals surface area (Å²) in [6.45, 7) is 1.44. The lowest BCUT2D eigenvalue weighted by molar-refractivity contribution is -0.130. The second-order valence-electron chi connectivity index (χ2n) is 8.81. The lowest BCUT2D eigenvalue weighted by atomic mass is 9.90. The number of carbonyl (C=O) groups excluding carboxylic acids is 1. The number of hydrazone groups is 1. The molecule has 1 aliphatic rings. The largest absolute Gasteiger partial charge is 0.493 e. The number of halogens is 1. The first-order valence-corrected chi connectivity index (χ1v) is 12.3. The van der Waals surface area contributed by atoms with E-state index in [2.05, 4.69) is 10.1 Å². The quantitative estimate of drug-likeness (QED) is 0.351. The summed E-state index contributed by atoms with van der Waals surface area (Å²) in [5.41, 5.74) is 3.44. The molecular formula is C29H26ClN3O5. The zero-order chi connectivity index (χ0) is 27.0. The first-order chi connectivity index (χ1) is 18.4. The highest BCUT2D eigenvalue weighted by Gasteiger charge is 2.37. The highest BCUT2D eigenvalue weighted by atomic mass is 35.5. The molecule has 1 amide bonds. The van der Waals surface area contributed by atoms with Crippen molar-refractivity contribution < 1.29 is 19.0 Å². The molecule has 194 valence electrons. The molecule has 0 bridgehead atoms. The highest BCUT2D eigenvalue weighted by Crippen LogP contribution is 2.46. The van der Waals surface area contributed by atoms with E-state index < -0.39 is 6.04 Å². The molecular weight excluding hydrogens is 506 g/mol. The van der Waals surface area contributed by atoms with Gasteiger partial charge in [0.25, 0.3) is 5.56 Å². The molecule has 9 heteroatoms. The summed E-state index contributed by atoms with van der Waals surface area (Å²) in [5.74, 6) is 1.06. The van der Waals surface area contributed by atoms with Gasteiger partial charge in [-0.2, -0.15) is 5.10 Å². The predicted molar refractivity (Wildman–Crippen MR) is 148 cm³/mol. The van der Waals surface area contributed by atoms with Gasteiger partial charge in [0.05, 0.1) is 38.6 Å². The molecule has 0 aliphatic carbocycles. The van der Waals surface area contributed by atoms with Crippen LogP contribution in [-0.4, -0.2) is 42.9 Å². The molecule has 38 heavy (non-hydrogen) atoms. The average Bonchev–Trinajstić information content (AvgIpc) is 3.37. The van der Waals surface area contributed by atoms with E-state index in [1.54, 1.807) is 25.3 Å². The van der Waals surface area contributed by atoms with Crippen molar-refractivity contribution in [3.05, 3.63) is 87.2 Å². The summed E-state index contributed by atoms with van der Waals surface area (Å²) in [7, 11) is 4.59. The van der Waals surface area contributed by atoms with Gasteiger partial charge in [0, 0.05) is 40.4 Å². The van der Waals surface area contributed by atoms with Gasteiger partial charge in [-0.15, -0.1) is 0 Å². The number of methoxy groups -OCH3 is 3. The van der Waals surface area contributed by atoms with Gasteiger partial charge in [-0.3, -0.25) is 9.59 Å². The molecule has 5 rings (SSSR count). The summed E-state index contributed by atoms with van der Waals surface area (Å²) >= 11 is 6.37. The zero-order valence-electron chi connectivity index (χ0n) is 21.4. The van der Waals surface area contributed by atoms with Crippen molar-refractivity contribution in [1.29, 1.82) is 0 Å². The molecule has 4 aromatic rings. The number of H-pyrrole nitrogens is 1. The SMILES string of the molecule is COc1ccc([C@H]2CC(c3c(-c4ccccc4)c4cc(Cl)ccc4[nH]c3=O)=NN2C(C)=O)c(OC)c1OC. The van der Waals surface area contributed by atoms with Crippen LogP contribution in [0, 0.1) is 0 Å². The fraction of sp³-hybridized carbons (Fsp3) is 0.207. The number of benzene rings is 3. The first-order valence-electron chi connectivity index (χ1n) is 11.9. The van der Waals surface area contributed by atoms with Crippen LogP contribution in [0.1, 0.15) is 30.5 Å². The molecule has 8 nitrogen and oxygen atoms in total. The fourth-order valence-corrected chi connectivity index (χ4v) is 5.20. The van der Waals surface area contributed by atoms with Gasteiger partial charge in [0.1, 0.15) is 0 Å².